The van der Waals surface area contributed by atoms with Gasteiger partial charge in [0.25, 0.3) is 0 Å². The zero-order valence-electron chi connectivity index (χ0n) is 12.6. The van der Waals surface area contributed by atoms with Crippen molar-refractivity contribution in [3.8, 4) is 5.75 Å². The minimum absolute atomic E-state index is 0.142. The van der Waals surface area contributed by atoms with E-state index in [1.165, 1.54) is 13.2 Å². The third-order valence-electron chi connectivity index (χ3n) is 4.13. The number of rotatable bonds is 7. The molecule has 2 rings (SSSR count). The highest BCUT2D eigenvalue weighted by Gasteiger charge is 2.28. The predicted octanol–water partition coefficient (Wildman–Crippen LogP) is 1.96. The van der Waals surface area contributed by atoms with E-state index in [2.05, 4.69) is 4.90 Å². The van der Waals surface area contributed by atoms with Gasteiger partial charge in [0.1, 0.15) is 11.6 Å². The molecule has 1 aliphatic carbocycles. The molecule has 1 fully saturated rings. The van der Waals surface area contributed by atoms with E-state index in [0.717, 1.165) is 19.4 Å². The third-order valence-corrected chi connectivity index (χ3v) is 4.13. The molecular weight excluding hydrogens is 273 g/mol. The lowest BCUT2D eigenvalue weighted by Crippen LogP contribution is -2.37. The summed E-state index contributed by atoms with van der Waals surface area (Å²) in [5.41, 5.74) is 0.229. The van der Waals surface area contributed by atoms with Crippen LogP contribution < -0.4 is 4.74 Å². The molecule has 0 heterocycles. The summed E-state index contributed by atoms with van der Waals surface area (Å²) >= 11 is 0. The van der Waals surface area contributed by atoms with Crippen LogP contribution in [0, 0.1) is 11.7 Å². The molecule has 0 saturated heterocycles. The quantitative estimate of drug-likeness (QED) is 0.808. The van der Waals surface area contributed by atoms with Crippen LogP contribution in [0.4, 0.5) is 4.39 Å². The molecule has 2 N–H and O–H groups in total. The van der Waals surface area contributed by atoms with Crippen molar-refractivity contribution in [2.75, 3.05) is 27.2 Å². The van der Waals surface area contributed by atoms with Crippen molar-refractivity contribution in [1.82, 2.24) is 4.90 Å². The summed E-state index contributed by atoms with van der Waals surface area (Å²) in [7, 11) is 3.45. The maximum absolute atomic E-state index is 13.8. The Morgan fingerprint density at radius 3 is 2.76 bits per heavy atom. The molecule has 0 amide bonds. The molecule has 21 heavy (non-hydrogen) atoms. The first-order chi connectivity index (χ1) is 10.0. The largest absolute Gasteiger partial charge is 0.496 e. The summed E-state index contributed by atoms with van der Waals surface area (Å²) in [6.07, 6.45) is 1.14. The SMILES string of the molecule is COc1cccc(F)c1C(O)CCN(C)CC1CC(O)C1. The number of aliphatic hydroxyl groups excluding tert-OH is 2. The fourth-order valence-electron chi connectivity index (χ4n) is 2.89. The zero-order chi connectivity index (χ0) is 15.4. The van der Waals surface area contributed by atoms with Crippen LogP contribution in [0.3, 0.4) is 0 Å². The monoisotopic (exact) mass is 297 g/mol. The maximum atomic E-state index is 13.8. The zero-order valence-corrected chi connectivity index (χ0v) is 12.6. The summed E-state index contributed by atoms with van der Waals surface area (Å²) < 4.78 is 19.0. The molecular formula is C16H24FNO3. The first-order valence-corrected chi connectivity index (χ1v) is 7.38. The van der Waals surface area contributed by atoms with Gasteiger partial charge in [0, 0.05) is 13.1 Å². The van der Waals surface area contributed by atoms with Gasteiger partial charge in [-0.25, -0.2) is 4.39 Å². The first kappa shape index (κ1) is 16.2. The van der Waals surface area contributed by atoms with Gasteiger partial charge in [0.2, 0.25) is 0 Å². The average Bonchev–Trinajstić information content (AvgIpc) is 2.42. The topological polar surface area (TPSA) is 52.9 Å². The number of hydrogen-bond donors (Lipinski definition) is 2. The number of aliphatic hydroxyl groups is 2. The molecule has 0 spiro atoms. The Morgan fingerprint density at radius 1 is 1.43 bits per heavy atom. The summed E-state index contributed by atoms with van der Waals surface area (Å²) in [5.74, 6) is 0.476. The lowest BCUT2D eigenvalue weighted by molar-refractivity contribution is 0.0261. The second-order valence-corrected chi connectivity index (χ2v) is 5.91. The summed E-state index contributed by atoms with van der Waals surface area (Å²) in [6, 6.07) is 4.56. The van der Waals surface area contributed by atoms with Gasteiger partial charge in [-0.3, -0.25) is 0 Å². The smallest absolute Gasteiger partial charge is 0.132 e. The molecule has 1 saturated carbocycles. The van der Waals surface area contributed by atoms with Crippen LogP contribution in [-0.2, 0) is 0 Å². The van der Waals surface area contributed by atoms with Crippen LogP contribution >= 0.6 is 0 Å². The number of halogens is 1. The molecule has 0 aromatic heterocycles. The second-order valence-electron chi connectivity index (χ2n) is 5.91. The van der Waals surface area contributed by atoms with Crippen molar-refractivity contribution in [2.24, 2.45) is 5.92 Å². The highest BCUT2D eigenvalue weighted by molar-refractivity contribution is 5.36. The Kier molecular flexibility index (Phi) is 5.56. The van der Waals surface area contributed by atoms with Gasteiger partial charge in [-0.15, -0.1) is 0 Å². The number of methoxy groups -OCH3 is 1. The lowest BCUT2D eigenvalue weighted by Gasteiger charge is -2.34. The molecule has 1 aromatic carbocycles. The van der Waals surface area contributed by atoms with Gasteiger partial charge in [-0.2, -0.15) is 0 Å². The van der Waals surface area contributed by atoms with E-state index in [9.17, 15) is 14.6 Å². The standard InChI is InChI=1S/C16H24FNO3/c1-18(10-11-8-12(19)9-11)7-6-14(20)16-13(17)4-3-5-15(16)21-2/h3-5,11-12,14,19-20H,6-10H2,1-2H3. The molecule has 5 heteroatoms. The van der Waals surface area contributed by atoms with Gasteiger partial charge >= 0.3 is 0 Å². The van der Waals surface area contributed by atoms with Crippen LogP contribution in [0.1, 0.15) is 30.9 Å². The van der Waals surface area contributed by atoms with Gasteiger partial charge in [-0.1, -0.05) is 6.07 Å². The van der Waals surface area contributed by atoms with Crippen molar-refractivity contribution in [3.05, 3.63) is 29.6 Å². The Morgan fingerprint density at radius 2 is 2.14 bits per heavy atom. The van der Waals surface area contributed by atoms with Crippen molar-refractivity contribution in [1.29, 1.82) is 0 Å². The van der Waals surface area contributed by atoms with Crippen molar-refractivity contribution >= 4 is 0 Å². The number of benzene rings is 1. The minimum atomic E-state index is -0.879. The van der Waals surface area contributed by atoms with E-state index in [1.807, 2.05) is 7.05 Å². The predicted molar refractivity (Wildman–Crippen MR) is 78.8 cm³/mol. The maximum Gasteiger partial charge on any atom is 0.132 e. The normalized spacial score (nSPS) is 23.0. The fourth-order valence-corrected chi connectivity index (χ4v) is 2.89. The Labute approximate surface area is 125 Å². The Bertz CT molecular complexity index is 463. The van der Waals surface area contributed by atoms with E-state index in [1.54, 1.807) is 12.1 Å². The highest BCUT2D eigenvalue weighted by Crippen LogP contribution is 2.31. The highest BCUT2D eigenvalue weighted by atomic mass is 19.1. The number of nitrogens with zero attached hydrogens (tertiary/aromatic N) is 1. The summed E-state index contributed by atoms with van der Waals surface area (Å²) in [6.45, 7) is 1.57. The lowest BCUT2D eigenvalue weighted by atomic mass is 9.82. The van der Waals surface area contributed by atoms with E-state index in [4.69, 9.17) is 4.74 Å². The van der Waals surface area contributed by atoms with Crippen LogP contribution in [0.15, 0.2) is 18.2 Å². The van der Waals surface area contributed by atoms with E-state index < -0.39 is 11.9 Å². The van der Waals surface area contributed by atoms with Crippen LogP contribution in [-0.4, -0.2) is 48.5 Å². The first-order valence-electron chi connectivity index (χ1n) is 7.38. The summed E-state index contributed by atoms with van der Waals surface area (Å²) in [5, 5.41) is 19.5. The second kappa shape index (κ2) is 7.20. The van der Waals surface area contributed by atoms with Crippen molar-refractivity contribution in [2.45, 2.75) is 31.5 Å². The molecule has 0 bridgehead atoms. The van der Waals surface area contributed by atoms with Gasteiger partial charge in [-0.05, 0) is 44.4 Å². The molecule has 1 aliphatic rings. The molecule has 4 nitrogen and oxygen atoms in total. The van der Waals surface area contributed by atoms with Crippen LogP contribution in [0.5, 0.6) is 5.75 Å². The average molecular weight is 297 g/mol. The third kappa shape index (κ3) is 4.15. The molecule has 1 unspecified atom stereocenters. The summed E-state index contributed by atoms with van der Waals surface area (Å²) in [4.78, 5) is 2.12. The number of hydrogen-bond acceptors (Lipinski definition) is 4. The molecule has 0 radical (unpaired) electrons. The molecule has 1 aromatic rings. The van der Waals surface area contributed by atoms with E-state index >= 15 is 0 Å². The van der Waals surface area contributed by atoms with Crippen LogP contribution in [0.2, 0.25) is 0 Å². The van der Waals surface area contributed by atoms with Crippen molar-refractivity contribution < 1.29 is 19.3 Å². The molecule has 118 valence electrons. The minimum Gasteiger partial charge on any atom is -0.496 e. The Balaban J connectivity index is 1.85. The molecule has 1 atom stereocenters. The fraction of sp³-hybridized carbons (Fsp3) is 0.625. The van der Waals surface area contributed by atoms with Gasteiger partial charge in [0.05, 0.1) is 24.9 Å². The van der Waals surface area contributed by atoms with Gasteiger partial charge in [0.15, 0.2) is 0 Å². The number of ether oxygens (including phenoxy) is 1. The van der Waals surface area contributed by atoms with E-state index in [0.29, 0.717) is 24.6 Å². The molecule has 0 aliphatic heterocycles. The Hall–Kier alpha value is -1.17. The van der Waals surface area contributed by atoms with E-state index in [-0.39, 0.29) is 11.7 Å². The van der Waals surface area contributed by atoms with Gasteiger partial charge < -0.3 is 19.8 Å². The van der Waals surface area contributed by atoms with Crippen LogP contribution in [0.25, 0.3) is 0 Å². The van der Waals surface area contributed by atoms with Crippen molar-refractivity contribution in [3.63, 3.8) is 0 Å².